The van der Waals surface area contributed by atoms with Gasteiger partial charge in [0.05, 0.1) is 34.5 Å². The molecule has 4 aliphatic rings. The molecule has 12 rings (SSSR count). The van der Waals surface area contributed by atoms with Crippen LogP contribution in [0, 0.1) is 11.9 Å². The summed E-state index contributed by atoms with van der Waals surface area (Å²) < 4.78 is 29.7. The second-order valence-corrected chi connectivity index (χ2v) is 18.4. The predicted molar refractivity (Wildman–Crippen MR) is 264 cm³/mol. The van der Waals surface area contributed by atoms with Crippen molar-refractivity contribution in [2.45, 2.75) is 88.1 Å². The van der Waals surface area contributed by atoms with Crippen LogP contribution in [-0.2, 0) is 9.59 Å². The number of nitrogens with zero attached hydrogens (tertiary/aromatic N) is 12. The van der Waals surface area contributed by atoms with Crippen molar-refractivity contribution >= 4 is 92.6 Å². The van der Waals surface area contributed by atoms with Gasteiger partial charge >= 0.3 is 0 Å². The van der Waals surface area contributed by atoms with E-state index < -0.39 is 24.0 Å². The Hall–Kier alpha value is -7.46. The minimum absolute atomic E-state index is 0. The Morgan fingerprint density at radius 2 is 1.06 bits per heavy atom. The number of carbonyl (C=O) groups excluding carboxylic acids is 2. The zero-order chi connectivity index (χ0) is 46.5. The van der Waals surface area contributed by atoms with Gasteiger partial charge in [0.2, 0.25) is 35.6 Å². The molecule has 2 aliphatic heterocycles. The van der Waals surface area contributed by atoms with Crippen LogP contribution in [0.5, 0.6) is 0 Å². The smallest absolute Gasteiger partial charge is 0.247 e. The van der Waals surface area contributed by atoms with Crippen LogP contribution in [-0.4, -0.2) is 107 Å². The number of H-pyrrole nitrogens is 2. The molecule has 8 aromatic heterocycles. The third kappa shape index (κ3) is 10.3. The van der Waals surface area contributed by atoms with Crippen LogP contribution in [0.25, 0.3) is 11.0 Å². The van der Waals surface area contributed by atoms with E-state index >= 15 is 0 Å². The number of carbonyl (C=O) groups is 2. The first-order valence-electron chi connectivity index (χ1n) is 22.1. The van der Waals surface area contributed by atoms with E-state index in [1.807, 2.05) is 48.8 Å². The standard InChI is InChI=1S/2C22H21ClFN9O.2CH4/c2*23-13-8-17(21(34)26-14-5-6-18(24)25-10-14)32(11-13)22-28-20(16-2-1-7-33(16)31-22)27-19-9-15(29-30-19)12-3-4-12;;/h2*1-2,5-7,9-10,12-13,17H,3-4,8,11H2,(H,26,34)(H2,27,28,29,30,31);2*1H4/t13-,17+;13-,17-;;/m10../s1. The van der Waals surface area contributed by atoms with Crippen molar-refractivity contribution in [2.24, 2.45) is 0 Å². The van der Waals surface area contributed by atoms with Crippen molar-refractivity contribution in [1.82, 2.24) is 59.6 Å². The van der Waals surface area contributed by atoms with Gasteiger partial charge in [-0.05, 0) is 87.1 Å². The van der Waals surface area contributed by atoms with Crippen molar-refractivity contribution in [1.29, 1.82) is 0 Å². The van der Waals surface area contributed by atoms with E-state index in [1.165, 1.54) is 62.3 Å². The number of aromatic nitrogens is 12. The number of alkyl halides is 2. The molecule has 0 radical (unpaired) electrons. The van der Waals surface area contributed by atoms with Gasteiger partial charge in [-0.15, -0.1) is 33.4 Å². The minimum atomic E-state index is -0.615. The van der Waals surface area contributed by atoms with Crippen LogP contribution in [0.3, 0.4) is 0 Å². The van der Waals surface area contributed by atoms with Gasteiger partial charge in [-0.3, -0.25) is 19.8 Å². The molecule has 20 nitrogen and oxygen atoms in total. The Morgan fingerprint density at radius 3 is 1.44 bits per heavy atom. The number of halogens is 4. The highest BCUT2D eigenvalue weighted by molar-refractivity contribution is 6.22. The summed E-state index contributed by atoms with van der Waals surface area (Å²) in [5, 5.41) is 35.7. The van der Waals surface area contributed by atoms with Crippen LogP contribution in [0.2, 0.25) is 0 Å². The van der Waals surface area contributed by atoms with Crippen LogP contribution in [0.15, 0.2) is 85.5 Å². The molecule has 2 saturated heterocycles. The Kier molecular flexibility index (Phi) is 13.5. The molecular weight excluding hydrogens is 946 g/mol. The number of hydrogen-bond acceptors (Lipinski definition) is 14. The lowest BCUT2D eigenvalue weighted by atomic mass is 10.2. The number of rotatable bonds is 12. The average molecular weight is 996 g/mol. The van der Waals surface area contributed by atoms with E-state index in [9.17, 15) is 18.4 Å². The molecule has 0 unspecified atom stereocenters. The summed E-state index contributed by atoms with van der Waals surface area (Å²) in [5.74, 6) is 2.52. The van der Waals surface area contributed by atoms with Crippen molar-refractivity contribution in [3.63, 3.8) is 0 Å². The molecule has 0 spiro atoms. The van der Waals surface area contributed by atoms with Gasteiger partial charge in [0.15, 0.2) is 23.3 Å². The third-order valence-corrected chi connectivity index (χ3v) is 12.7. The zero-order valence-electron chi connectivity index (χ0n) is 35.9. The topological polar surface area (TPSA) is 232 Å². The molecule has 6 N–H and O–H groups in total. The molecular formula is C46H50Cl2F2N18O2. The summed E-state index contributed by atoms with van der Waals surface area (Å²) in [4.78, 5) is 46.3. The Balaban J connectivity index is 0.000000169. The fourth-order valence-electron chi connectivity index (χ4n) is 8.38. The molecule has 2 aliphatic carbocycles. The van der Waals surface area contributed by atoms with Gasteiger partial charge in [0, 0.05) is 60.8 Å². The van der Waals surface area contributed by atoms with Crippen molar-refractivity contribution in [2.75, 3.05) is 44.2 Å². The highest BCUT2D eigenvalue weighted by Crippen LogP contribution is 2.41. The third-order valence-electron chi connectivity index (χ3n) is 12.1. The molecule has 24 heteroatoms. The van der Waals surface area contributed by atoms with E-state index in [2.05, 4.69) is 61.8 Å². The van der Waals surface area contributed by atoms with Crippen LogP contribution in [0.1, 0.15) is 76.6 Å². The molecule has 0 aromatic carbocycles. The summed E-state index contributed by atoms with van der Waals surface area (Å²) in [6, 6.07) is 15.7. The number of amides is 2. The van der Waals surface area contributed by atoms with E-state index in [-0.39, 0.29) is 37.4 Å². The second-order valence-electron chi connectivity index (χ2n) is 17.1. The van der Waals surface area contributed by atoms with Crippen LogP contribution >= 0.6 is 23.2 Å². The van der Waals surface area contributed by atoms with Crippen LogP contribution in [0.4, 0.5) is 55.3 Å². The van der Waals surface area contributed by atoms with Gasteiger partial charge in [0.1, 0.15) is 23.1 Å². The first-order valence-corrected chi connectivity index (χ1v) is 23.0. The lowest BCUT2D eigenvalue weighted by molar-refractivity contribution is -0.118. The summed E-state index contributed by atoms with van der Waals surface area (Å²) >= 11 is 12.9. The fraction of sp³-hybridized carbons (Fsp3) is 0.348. The van der Waals surface area contributed by atoms with Gasteiger partial charge in [-0.1, -0.05) is 14.9 Å². The molecule has 8 aromatic rings. The van der Waals surface area contributed by atoms with E-state index in [4.69, 9.17) is 33.2 Å². The van der Waals surface area contributed by atoms with Gasteiger partial charge < -0.3 is 31.1 Å². The molecule has 70 heavy (non-hydrogen) atoms. The monoisotopic (exact) mass is 994 g/mol. The number of aromatic amines is 2. The van der Waals surface area contributed by atoms with E-state index in [0.29, 0.717) is 84.3 Å². The maximum Gasteiger partial charge on any atom is 0.247 e. The SMILES string of the molecule is C.C.O=C(Nc1ccc(F)nc1)[C@@H]1C[C@@H](Cl)CN1c1nc(Nc2cc(C3CC3)[nH]n2)c2cccn2n1.O=C(Nc1ccc(F)nc1)[C@@H]1C[C@H](Cl)CN1c1nc(Nc2cc(C3CC3)[nH]n2)c2cccn2n1. The number of hydrogen-bond donors (Lipinski definition) is 6. The number of nitrogens with one attached hydrogen (secondary N) is 6. The Morgan fingerprint density at radius 1 is 0.629 bits per heavy atom. The van der Waals surface area contributed by atoms with Crippen molar-refractivity contribution in [3.05, 3.63) is 109 Å². The maximum atomic E-state index is 13.1. The predicted octanol–water partition coefficient (Wildman–Crippen LogP) is 8.14. The van der Waals surface area contributed by atoms with E-state index in [0.717, 1.165) is 22.4 Å². The minimum Gasteiger partial charge on any atom is -0.326 e. The number of fused-ring (bicyclic) bond motifs is 2. The molecule has 10 heterocycles. The Labute approximate surface area is 410 Å². The maximum absolute atomic E-state index is 13.1. The quantitative estimate of drug-likeness (QED) is 0.0501. The Bertz CT molecular complexity index is 2910. The molecule has 4 atom stereocenters. The first kappa shape index (κ1) is 47.6. The first-order chi connectivity index (χ1) is 33.1. The molecule has 4 fully saturated rings. The summed E-state index contributed by atoms with van der Waals surface area (Å²) in [6.07, 6.45) is 11.7. The normalized spacial score (nSPS) is 19.5. The molecule has 0 bridgehead atoms. The largest absolute Gasteiger partial charge is 0.326 e. The number of anilines is 8. The van der Waals surface area contributed by atoms with Crippen molar-refractivity contribution < 1.29 is 18.4 Å². The summed E-state index contributed by atoms with van der Waals surface area (Å²) in [5.41, 5.74) is 4.58. The van der Waals surface area contributed by atoms with Gasteiger partial charge in [0.25, 0.3) is 0 Å². The fourth-order valence-corrected chi connectivity index (χ4v) is 9.02. The van der Waals surface area contributed by atoms with Gasteiger partial charge in [-0.25, -0.2) is 19.0 Å². The number of pyridine rings is 2. The zero-order valence-corrected chi connectivity index (χ0v) is 37.4. The highest BCUT2D eigenvalue weighted by atomic mass is 35.5. The average Bonchev–Trinajstić information content (AvgIpc) is 3.84. The van der Waals surface area contributed by atoms with Gasteiger partial charge in [-0.2, -0.15) is 28.9 Å². The van der Waals surface area contributed by atoms with Crippen molar-refractivity contribution in [3.8, 4) is 0 Å². The van der Waals surface area contributed by atoms with Crippen LogP contribution < -0.4 is 31.1 Å². The van der Waals surface area contributed by atoms with E-state index in [1.54, 1.807) is 18.8 Å². The lowest BCUT2D eigenvalue weighted by Gasteiger charge is -2.24. The second kappa shape index (κ2) is 19.9. The molecule has 2 saturated carbocycles. The summed E-state index contributed by atoms with van der Waals surface area (Å²) in [6.45, 7) is 0.809. The summed E-state index contributed by atoms with van der Waals surface area (Å²) in [7, 11) is 0. The molecule has 2 amide bonds. The highest BCUT2D eigenvalue weighted by Gasteiger charge is 2.40. The molecule has 364 valence electrons. The lowest BCUT2D eigenvalue weighted by Crippen LogP contribution is -2.41.